The molecule has 0 radical (unpaired) electrons. The van der Waals surface area contributed by atoms with Crippen LogP contribution in [0, 0.1) is 21.4 Å². The van der Waals surface area contributed by atoms with Gasteiger partial charge >= 0.3 is 0 Å². The summed E-state index contributed by atoms with van der Waals surface area (Å²) < 4.78 is 0. The molecule has 0 fully saturated rings. The molecule has 0 aliphatic rings. The summed E-state index contributed by atoms with van der Waals surface area (Å²) in [6, 6.07) is 12.4. The lowest BCUT2D eigenvalue weighted by Crippen LogP contribution is -2.02. The number of benzene rings is 2. The highest BCUT2D eigenvalue weighted by atomic mass is 16.6. The van der Waals surface area contributed by atoms with Crippen molar-refractivity contribution >= 4 is 17.1 Å². The van der Waals surface area contributed by atoms with Crippen LogP contribution >= 0.6 is 0 Å². The van der Waals surface area contributed by atoms with Gasteiger partial charge < -0.3 is 5.11 Å². The average molecular weight is 296 g/mol. The topological polar surface area (TPSA) is 112 Å². The van der Waals surface area contributed by atoms with Gasteiger partial charge in [-0.15, -0.1) is 0 Å². The second-order valence-electron chi connectivity index (χ2n) is 4.46. The Balaban J connectivity index is 2.27. The first-order chi connectivity index (χ1) is 10.5. The molecule has 110 valence electrons. The number of nitro groups is 1. The minimum atomic E-state index is -0.575. The van der Waals surface area contributed by atoms with Crippen LogP contribution in [0.3, 0.4) is 0 Å². The fourth-order valence-corrected chi connectivity index (χ4v) is 1.76. The number of hydrazone groups is 1. The van der Waals surface area contributed by atoms with Crippen molar-refractivity contribution in [2.45, 2.75) is 6.92 Å². The normalized spacial score (nSPS) is 10.8. The van der Waals surface area contributed by atoms with E-state index in [9.17, 15) is 15.2 Å². The monoisotopic (exact) mass is 296 g/mol. The number of nitriles is 1. The predicted molar refractivity (Wildman–Crippen MR) is 81.8 cm³/mol. The van der Waals surface area contributed by atoms with E-state index in [1.807, 2.05) is 6.07 Å². The molecule has 0 heterocycles. The van der Waals surface area contributed by atoms with Crippen LogP contribution in [0.4, 0.5) is 11.4 Å². The molecule has 0 aromatic heterocycles. The number of phenols is 1. The summed E-state index contributed by atoms with van der Waals surface area (Å²) >= 11 is 0. The first-order valence-corrected chi connectivity index (χ1v) is 6.29. The Morgan fingerprint density at radius 3 is 2.59 bits per heavy atom. The van der Waals surface area contributed by atoms with Crippen molar-refractivity contribution in [3.8, 4) is 11.8 Å². The molecule has 0 aliphatic carbocycles. The zero-order valence-corrected chi connectivity index (χ0v) is 11.6. The van der Waals surface area contributed by atoms with Crippen LogP contribution in [0.2, 0.25) is 0 Å². The van der Waals surface area contributed by atoms with Crippen molar-refractivity contribution in [1.29, 1.82) is 5.26 Å². The third kappa shape index (κ3) is 3.37. The van der Waals surface area contributed by atoms with Gasteiger partial charge in [0.2, 0.25) is 0 Å². The van der Waals surface area contributed by atoms with Crippen molar-refractivity contribution in [3.05, 3.63) is 63.7 Å². The van der Waals surface area contributed by atoms with Crippen molar-refractivity contribution in [3.63, 3.8) is 0 Å². The Hall–Kier alpha value is -3.40. The van der Waals surface area contributed by atoms with Gasteiger partial charge in [-0.05, 0) is 48.9 Å². The molecule has 22 heavy (non-hydrogen) atoms. The lowest BCUT2D eigenvalue weighted by molar-refractivity contribution is -0.384. The second-order valence-corrected chi connectivity index (χ2v) is 4.46. The van der Waals surface area contributed by atoms with Gasteiger partial charge in [-0.25, -0.2) is 0 Å². The maximum atomic E-state index is 11.0. The van der Waals surface area contributed by atoms with Gasteiger partial charge in [0.15, 0.2) is 0 Å². The summed E-state index contributed by atoms with van der Waals surface area (Å²) in [4.78, 5) is 10.4. The van der Waals surface area contributed by atoms with Crippen molar-refractivity contribution in [2.75, 3.05) is 5.43 Å². The van der Waals surface area contributed by atoms with Crippen LogP contribution < -0.4 is 5.43 Å². The smallest absolute Gasteiger partial charge is 0.295 e. The fraction of sp³-hybridized carbons (Fsp3) is 0.0667. The number of nitrogens with zero attached hydrogens (tertiary/aromatic N) is 3. The quantitative estimate of drug-likeness (QED) is 0.511. The fourth-order valence-electron chi connectivity index (χ4n) is 1.76. The van der Waals surface area contributed by atoms with Gasteiger partial charge in [0.05, 0.1) is 22.3 Å². The highest BCUT2D eigenvalue weighted by Gasteiger charge is 2.14. The van der Waals surface area contributed by atoms with E-state index in [0.29, 0.717) is 5.71 Å². The van der Waals surface area contributed by atoms with Gasteiger partial charge in [-0.2, -0.15) is 10.4 Å². The number of hydrogen-bond donors (Lipinski definition) is 2. The Labute approximate surface area is 126 Å². The van der Waals surface area contributed by atoms with Crippen molar-refractivity contribution < 1.29 is 10.0 Å². The number of nitrogens with one attached hydrogen (secondary N) is 1. The third-order valence-electron chi connectivity index (χ3n) is 2.95. The number of nitro benzene ring substituents is 1. The molecule has 2 aromatic carbocycles. The van der Waals surface area contributed by atoms with Crippen LogP contribution in [0.1, 0.15) is 18.1 Å². The molecule has 0 bridgehead atoms. The standard InChI is InChI=1S/C15H12N4O3/c1-10(12-3-5-13(20)6-4-12)17-18-14-7-2-11(9-16)8-15(14)19(21)22/h2-8,18,20H,1H3/b17-10-. The van der Waals surface area contributed by atoms with Gasteiger partial charge in [-0.1, -0.05) is 0 Å². The van der Waals surface area contributed by atoms with Gasteiger partial charge in [0.25, 0.3) is 5.69 Å². The Morgan fingerprint density at radius 2 is 2.00 bits per heavy atom. The highest BCUT2D eigenvalue weighted by Crippen LogP contribution is 2.25. The summed E-state index contributed by atoms with van der Waals surface area (Å²) in [6.07, 6.45) is 0. The molecule has 0 saturated carbocycles. The minimum absolute atomic E-state index is 0.146. The molecule has 0 unspecified atom stereocenters. The van der Waals surface area contributed by atoms with Crippen LogP contribution in [-0.2, 0) is 0 Å². The van der Waals surface area contributed by atoms with E-state index < -0.39 is 4.92 Å². The molecule has 0 atom stereocenters. The summed E-state index contributed by atoms with van der Waals surface area (Å²) in [5.74, 6) is 0.146. The molecule has 0 aliphatic heterocycles. The Bertz CT molecular complexity index is 776. The predicted octanol–water partition coefficient (Wildman–Crippen LogP) is 3.01. The summed E-state index contributed by atoms with van der Waals surface area (Å²) in [5, 5.41) is 33.1. The molecule has 2 aromatic rings. The summed E-state index contributed by atoms with van der Waals surface area (Å²) in [6.45, 7) is 1.73. The largest absolute Gasteiger partial charge is 0.508 e. The van der Waals surface area contributed by atoms with E-state index in [1.165, 1.54) is 30.3 Å². The number of hydrogen-bond acceptors (Lipinski definition) is 6. The molecular formula is C15H12N4O3. The third-order valence-corrected chi connectivity index (χ3v) is 2.95. The highest BCUT2D eigenvalue weighted by molar-refractivity contribution is 5.99. The first kappa shape index (κ1) is 15.0. The van der Waals surface area contributed by atoms with Crippen LogP contribution in [0.15, 0.2) is 47.6 Å². The number of phenolic OH excluding ortho intramolecular Hbond substituents is 1. The number of anilines is 1. The summed E-state index contributed by atoms with van der Waals surface area (Å²) in [7, 11) is 0. The molecule has 7 nitrogen and oxygen atoms in total. The van der Waals surface area contributed by atoms with Crippen molar-refractivity contribution in [1.82, 2.24) is 0 Å². The molecule has 0 saturated heterocycles. The maximum Gasteiger partial charge on any atom is 0.295 e. The minimum Gasteiger partial charge on any atom is -0.508 e. The van der Waals surface area contributed by atoms with E-state index >= 15 is 0 Å². The van der Waals surface area contributed by atoms with E-state index in [-0.39, 0.29) is 22.7 Å². The Morgan fingerprint density at radius 1 is 1.32 bits per heavy atom. The van der Waals surface area contributed by atoms with E-state index in [1.54, 1.807) is 19.1 Å². The zero-order chi connectivity index (χ0) is 16.1. The SMILES string of the molecule is C/C(=N/Nc1ccc(C#N)cc1[N+](=O)[O-])c1ccc(O)cc1. The van der Waals surface area contributed by atoms with E-state index in [0.717, 1.165) is 5.56 Å². The van der Waals surface area contributed by atoms with Crippen molar-refractivity contribution in [2.24, 2.45) is 5.10 Å². The van der Waals surface area contributed by atoms with Crippen LogP contribution in [0.5, 0.6) is 5.75 Å². The van der Waals surface area contributed by atoms with Gasteiger partial charge in [0.1, 0.15) is 11.4 Å². The maximum absolute atomic E-state index is 11.0. The average Bonchev–Trinajstić information content (AvgIpc) is 2.53. The molecule has 2 rings (SSSR count). The number of rotatable bonds is 4. The molecule has 0 spiro atoms. The Kier molecular flexibility index (Phi) is 4.34. The number of aromatic hydroxyl groups is 1. The van der Waals surface area contributed by atoms with E-state index in [2.05, 4.69) is 10.5 Å². The van der Waals surface area contributed by atoms with E-state index in [4.69, 9.17) is 5.26 Å². The zero-order valence-electron chi connectivity index (χ0n) is 11.6. The molecule has 0 amide bonds. The van der Waals surface area contributed by atoms with Crippen LogP contribution in [-0.4, -0.2) is 15.7 Å². The lowest BCUT2D eigenvalue weighted by Gasteiger charge is -2.05. The molecule has 2 N–H and O–H groups in total. The molecular weight excluding hydrogens is 284 g/mol. The van der Waals surface area contributed by atoms with Crippen LogP contribution in [0.25, 0.3) is 0 Å². The van der Waals surface area contributed by atoms with Gasteiger partial charge in [-0.3, -0.25) is 15.5 Å². The second kappa shape index (κ2) is 6.37. The summed E-state index contributed by atoms with van der Waals surface area (Å²) in [5.41, 5.74) is 4.17. The first-order valence-electron chi connectivity index (χ1n) is 6.29. The van der Waals surface area contributed by atoms with Gasteiger partial charge in [0, 0.05) is 6.07 Å². The molecule has 7 heteroatoms. The lowest BCUT2D eigenvalue weighted by atomic mass is 10.1.